The lowest BCUT2D eigenvalue weighted by atomic mass is 9.13. The van der Waals surface area contributed by atoms with Crippen LogP contribution in [0.2, 0.25) is 6.32 Å². The summed E-state index contributed by atoms with van der Waals surface area (Å²) >= 11 is 0. The van der Waals surface area contributed by atoms with Gasteiger partial charge >= 0.3 is 0 Å². The van der Waals surface area contributed by atoms with Crippen LogP contribution in [0.3, 0.4) is 0 Å². The second kappa shape index (κ2) is 9.14. The smallest absolute Gasteiger partial charge is 0.0922 e. The average molecular weight is 381 g/mol. The molecule has 0 amide bonds. The predicted molar refractivity (Wildman–Crippen MR) is 113 cm³/mol. The van der Waals surface area contributed by atoms with Crippen molar-refractivity contribution in [2.24, 2.45) is 0 Å². The molecular weight excluding hydrogens is 356 g/mol. The van der Waals surface area contributed by atoms with Crippen LogP contribution in [0.25, 0.3) is 0 Å². The van der Waals surface area contributed by atoms with Crippen LogP contribution in [0.15, 0.2) is 72.8 Å². The van der Waals surface area contributed by atoms with E-state index in [-0.39, 0.29) is 0 Å². The summed E-state index contributed by atoms with van der Waals surface area (Å²) in [6.45, 7) is 2.11. The van der Waals surface area contributed by atoms with Crippen molar-refractivity contribution >= 4 is 22.5 Å². The molecule has 3 aromatic carbocycles. The highest BCUT2D eigenvalue weighted by Gasteiger charge is 2.35. The maximum Gasteiger partial charge on any atom is 0.0922 e. The van der Waals surface area contributed by atoms with E-state index < -0.39 is 23.6 Å². The van der Waals surface area contributed by atoms with Crippen molar-refractivity contribution < 1.29 is 13.2 Å². The van der Waals surface area contributed by atoms with E-state index in [9.17, 15) is 0 Å². The first-order valence-corrected chi connectivity index (χ1v) is 10.0. The summed E-state index contributed by atoms with van der Waals surface area (Å²) in [4.78, 5) is 0. The highest BCUT2D eigenvalue weighted by molar-refractivity contribution is 7.11. The van der Waals surface area contributed by atoms with Crippen LogP contribution in [0, 0.1) is 17.5 Å². The molecule has 0 N–H and O–H groups in total. The summed E-state index contributed by atoms with van der Waals surface area (Å²) in [6.07, 6.45) is 2.16. The molecule has 0 saturated carbocycles. The van der Waals surface area contributed by atoms with E-state index in [2.05, 4.69) is 6.92 Å². The van der Waals surface area contributed by atoms with Gasteiger partial charge < -0.3 is 0 Å². The lowest BCUT2D eigenvalue weighted by Crippen LogP contribution is -2.69. The van der Waals surface area contributed by atoms with E-state index in [0.29, 0.717) is 22.7 Å². The minimum absolute atomic E-state index is 0.370. The van der Waals surface area contributed by atoms with Gasteiger partial charge in [-0.05, 0) is 18.2 Å². The van der Waals surface area contributed by atoms with E-state index >= 15 is 13.2 Å². The Morgan fingerprint density at radius 3 is 1.32 bits per heavy atom. The molecule has 0 atom stereocenters. The maximum atomic E-state index is 15.1. The summed E-state index contributed by atoms with van der Waals surface area (Å²) < 4.78 is 45.2. The molecule has 0 spiro atoms. The first kappa shape index (κ1) is 20.3. The minimum Gasteiger partial charge on any atom is -0.210 e. The van der Waals surface area contributed by atoms with Gasteiger partial charge in [-0.25, -0.2) is 13.2 Å². The van der Waals surface area contributed by atoms with Crippen LogP contribution >= 0.6 is 0 Å². The zero-order valence-electron chi connectivity index (χ0n) is 16.2. The van der Waals surface area contributed by atoms with E-state index in [1.165, 1.54) is 18.2 Å². The van der Waals surface area contributed by atoms with Gasteiger partial charge in [-0.15, -0.1) is 0 Å². The van der Waals surface area contributed by atoms with Gasteiger partial charge in [0.25, 0.3) is 0 Å². The average Bonchev–Trinajstić information content (AvgIpc) is 2.71. The molecule has 146 valence electrons. The van der Waals surface area contributed by atoms with E-state index in [1.54, 1.807) is 54.6 Å². The van der Waals surface area contributed by atoms with Crippen LogP contribution in [-0.2, 0) is 0 Å². The molecule has 0 aliphatic carbocycles. The number of hydrogen-bond donors (Lipinski definition) is 0. The highest BCUT2D eigenvalue weighted by atomic mass is 19.1. The molecule has 3 rings (SSSR count). The Morgan fingerprint density at radius 1 is 0.571 bits per heavy atom. The lowest BCUT2D eigenvalue weighted by Gasteiger charge is -2.43. The molecule has 0 fully saturated rings. The van der Waals surface area contributed by atoms with Crippen LogP contribution < -0.4 is 16.4 Å². The van der Waals surface area contributed by atoms with Crippen molar-refractivity contribution in [3.63, 3.8) is 0 Å². The molecule has 0 aliphatic heterocycles. The Balaban J connectivity index is 2.30. The number of unbranched alkanes of at least 4 members (excludes halogenated alkanes) is 3. The summed E-state index contributed by atoms with van der Waals surface area (Å²) in [7, 11) is 0. The van der Waals surface area contributed by atoms with Gasteiger partial charge in [0.1, 0.15) is 0 Å². The van der Waals surface area contributed by atoms with Gasteiger partial charge in [0.05, 0.1) is 23.6 Å². The van der Waals surface area contributed by atoms with E-state index in [1.807, 2.05) is 0 Å². The third kappa shape index (κ3) is 3.87. The zero-order valence-corrected chi connectivity index (χ0v) is 16.2. The summed E-state index contributed by atoms with van der Waals surface area (Å²) in [5.74, 6) is -1.28. The monoisotopic (exact) mass is 381 g/mol. The van der Waals surface area contributed by atoms with Gasteiger partial charge in [0.2, 0.25) is 0 Å². The Hall–Kier alpha value is -2.49. The SMILES string of the molecule is CCCCCC[B-](c1ccccc1F)(c1ccccc1F)c1ccccc1F. The Morgan fingerprint density at radius 2 is 0.964 bits per heavy atom. The van der Waals surface area contributed by atoms with Gasteiger partial charge in [0.15, 0.2) is 0 Å². The van der Waals surface area contributed by atoms with Crippen molar-refractivity contribution in [1.82, 2.24) is 0 Å². The van der Waals surface area contributed by atoms with Crippen molar-refractivity contribution in [3.05, 3.63) is 90.2 Å². The van der Waals surface area contributed by atoms with Crippen molar-refractivity contribution in [3.8, 4) is 0 Å². The molecule has 0 radical (unpaired) electrons. The second-order valence-electron chi connectivity index (χ2n) is 7.46. The molecule has 0 bridgehead atoms. The Bertz CT molecular complexity index is 812. The molecule has 0 unspecified atom stereocenters. The zero-order chi connectivity index (χ0) is 20.0. The van der Waals surface area contributed by atoms with Gasteiger partial charge in [-0.2, -0.15) is 22.7 Å². The topological polar surface area (TPSA) is 0 Å². The molecule has 0 aliphatic rings. The van der Waals surface area contributed by atoms with Gasteiger partial charge in [0, 0.05) is 0 Å². The van der Waals surface area contributed by atoms with Crippen LogP contribution in [0.1, 0.15) is 32.6 Å². The normalized spacial score (nSPS) is 11.6. The van der Waals surface area contributed by atoms with Crippen molar-refractivity contribution in [2.45, 2.75) is 38.9 Å². The number of hydrogen-bond acceptors (Lipinski definition) is 0. The molecule has 0 heterocycles. The highest BCUT2D eigenvalue weighted by Crippen LogP contribution is 2.21. The summed E-state index contributed by atoms with van der Waals surface area (Å²) in [5.41, 5.74) is 1.11. The Kier molecular flexibility index (Phi) is 6.61. The second-order valence-corrected chi connectivity index (χ2v) is 7.46. The molecular formula is C24H25BF3-. The number of benzene rings is 3. The molecule has 4 heteroatoms. The fourth-order valence-corrected chi connectivity index (χ4v) is 4.47. The minimum atomic E-state index is -2.13. The van der Waals surface area contributed by atoms with Gasteiger partial charge in [-0.1, -0.05) is 87.2 Å². The summed E-state index contributed by atoms with van der Waals surface area (Å²) in [5, 5.41) is 0. The van der Waals surface area contributed by atoms with E-state index in [4.69, 9.17) is 0 Å². The third-order valence-electron chi connectivity index (χ3n) is 5.80. The largest absolute Gasteiger partial charge is 0.210 e. The molecule has 0 saturated heterocycles. The van der Waals surface area contributed by atoms with Crippen LogP contribution in [0.5, 0.6) is 0 Å². The molecule has 0 aromatic heterocycles. The molecule has 3 aromatic rings. The number of halogens is 3. The first-order valence-electron chi connectivity index (χ1n) is 10.0. The third-order valence-corrected chi connectivity index (χ3v) is 5.80. The van der Waals surface area contributed by atoms with Crippen LogP contribution in [0.4, 0.5) is 13.2 Å². The fraction of sp³-hybridized carbons (Fsp3) is 0.250. The predicted octanol–water partition coefficient (Wildman–Crippen LogP) is 5.15. The summed E-state index contributed by atoms with van der Waals surface area (Å²) in [6, 6.07) is 19.2. The fourth-order valence-electron chi connectivity index (χ4n) is 4.47. The van der Waals surface area contributed by atoms with Crippen molar-refractivity contribution in [1.29, 1.82) is 0 Å². The standard InChI is InChI=1S/C24H25BF3/c1-2-3-4-11-18-25(19-12-5-8-15-22(19)26,20-13-6-9-16-23(20)27)21-14-7-10-17-24(21)28/h5-10,12-17H,2-4,11,18H2,1H3/q-1. The molecule has 0 nitrogen and oxygen atoms in total. The van der Waals surface area contributed by atoms with Crippen LogP contribution in [-0.4, -0.2) is 6.15 Å². The van der Waals surface area contributed by atoms with Gasteiger partial charge in [-0.3, -0.25) is 0 Å². The van der Waals surface area contributed by atoms with E-state index in [0.717, 1.165) is 25.7 Å². The maximum absolute atomic E-state index is 15.1. The van der Waals surface area contributed by atoms with Crippen molar-refractivity contribution in [2.75, 3.05) is 0 Å². The first-order chi connectivity index (χ1) is 13.6. The Labute approximate surface area is 165 Å². The number of rotatable bonds is 8. The molecule has 28 heavy (non-hydrogen) atoms. The lowest BCUT2D eigenvalue weighted by molar-refractivity contribution is 0.627. The quantitative estimate of drug-likeness (QED) is 0.374.